The molecule has 1 fully saturated rings. The summed E-state index contributed by atoms with van der Waals surface area (Å²) in [5, 5.41) is 0. The molecule has 1 N–H and O–H groups in total. The summed E-state index contributed by atoms with van der Waals surface area (Å²) >= 11 is 0. The van der Waals surface area contributed by atoms with Crippen LogP contribution >= 0.6 is 0 Å². The Kier molecular flexibility index (Phi) is 4.89. The van der Waals surface area contributed by atoms with Crippen LogP contribution in [0.4, 0.5) is 8.78 Å². The number of hydrogen-bond acceptors (Lipinski definition) is 3. The molecule has 1 heterocycles. The lowest BCUT2D eigenvalue weighted by Crippen LogP contribution is -2.31. The van der Waals surface area contributed by atoms with Gasteiger partial charge in [0.05, 0.1) is 0 Å². The first kappa shape index (κ1) is 15.8. The molecule has 0 bridgehead atoms. The van der Waals surface area contributed by atoms with Crippen molar-refractivity contribution in [2.45, 2.75) is 24.2 Å². The zero-order valence-electron chi connectivity index (χ0n) is 11.3. The van der Waals surface area contributed by atoms with Crippen molar-refractivity contribution in [2.24, 2.45) is 0 Å². The molecule has 2 rings (SSSR count). The molecule has 21 heavy (non-hydrogen) atoms. The van der Waals surface area contributed by atoms with E-state index in [0.717, 1.165) is 24.6 Å². The first-order chi connectivity index (χ1) is 9.92. The maximum absolute atomic E-state index is 13.4. The second kappa shape index (κ2) is 6.48. The number of rotatable bonds is 6. The minimum absolute atomic E-state index is 0.0138. The number of amides is 1. The van der Waals surface area contributed by atoms with Gasteiger partial charge in [0.1, 0.15) is 11.6 Å². The van der Waals surface area contributed by atoms with Gasteiger partial charge in [-0.15, -0.1) is 0 Å². The Balaban J connectivity index is 1.91. The third kappa shape index (κ3) is 3.76. The van der Waals surface area contributed by atoms with Crippen molar-refractivity contribution >= 4 is 15.9 Å². The van der Waals surface area contributed by atoms with Crippen LogP contribution in [-0.4, -0.2) is 38.9 Å². The van der Waals surface area contributed by atoms with Crippen LogP contribution in [0.15, 0.2) is 23.1 Å². The Labute approximate surface area is 122 Å². The molecule has 5 nitrogen and oxygen atoms in total. The van der Waals surface area contributed by atoms with Crippen molar-refractivity contribution in [3.05, 3.63) is 29.8 Å². The van der Waals surface area contributed by atoms with Gasteiger partial charge in [0.25, 0.3) is 0 Å². The minimum atomic E-state index is -4.23. The van der Waals surface area contributed by atoms with Crippen molar-refractivity contribution in [2.75, 3.05) is 19.6 Å². The molecule has 0 aromatic heterocycles. The smallest absolute Gasteiger partial charge is 0.246 e. The predicted molar refractivity (Wildman–Crippen MR) is 72.0 cm³/mol. The van der Waals surface area contributed by atoms with Crippen molar-refractivity contribution in [3.8, 4) is 0 Å². The summed E-state index contributed by atoms with van der Waals surface area (Å²) in [6.45, 7) is 1.12. The summed E-state index contributed by atoms with van der Waals surface area (Å²) in [5.41, 5.74) is 0. The van der Waals surface area contributed by atoms with Crippen LogP contribution in [0.2, 0.25) is 0 Å². The average molecular weight is 318 g/mol. The number of sulfonamides is 1. The fourth-order valence-corrected chi connectivity index (χ4v) is 3.44. The molecule has 116 valence electrons. The highest BCUT2D eigenvalue weighted by Crippen LogP contribution is 2.18. The largest absolute Gasteiger partial charge is 0.343 e. The minimum Gasteiger partial charge on any atom is -0.343 e. The molecule has 0 atom stereocenters. The highest BCUT2D eigenvalue weighted by atomic mass is 32.2. The first-order valence-electron chi connectivity index (χ1n) is 6.63. The van der Waals surface area contributed by atoms with Gasteiger partial charge in [-0.3, -0.25) is 4.79 Å². The molecule has 1 aliphatic rings. The number of hydrogen-bond donors (Lipinski definition) is 1. The van der Waals surface area contributed by atoms with Crippen LogP contribution in [-0.2, 0) is 14.8 Å². The third-order valence-corrected chi connectivity index (χ3v) is 4.77. The lowest BCUT2D eigenvalue weighted by atomic mass is 10.3. The van der Waals surface area contributed by atoms with Gasteiger partial charge >= 0.3 is 0 Å². The number of nitrogens with zero attached hydrogens (tertiary/aromatic N) is 1. The fourth-order valence-electron chi connectivity index (χ4n) is 2.23. The lowest BCUT2D eigenvalue weighted by molar-refractivity contribution is -0.127. The Hall–Kier alpha value is -1.54. The molecule has 1 aliphatic heterocycles. The van der Waals surface area contributed by atoms with Crippen LogP contribution in [0.1, 0.15) is 19.3 Å². The average Bonchev–Trinajstić information content (AvgIpc) is 2.80. The number of likely N-dealkylation sites (tertiary alicyclic amines) is 1. The van der Waals surface area contributed by atoms with Crippen LogP contribution in [0.5, 0.6) is 0 Å². The van der Waals surface area contributed by atoms with Gasteiger partial charge in [0.2, 0.25) is 15.9 Å². The van der Waals surface area contributed by atoms with E-state index in [4.69, 9.17) is 0 Å². The third-order valence-electron chi connectivity index (χ3n) is 3.26. The molecule has 1 aromatic carbocycles. The number of halogens is 2. The zero-order chi connectivity index (χ0) is 15.5. The summed E-state index contributed by atoms with van der Waals surface area (Å²) in [6.07, 6.45) is 1.72. The monoisotopic (exact) mass is 318 g/mol. The van der Waals surface area contributed by atoms with Gasteiger partial charge in [-0.2, -0.15) is 0 Å². The van der Waals surface area contributed by atoms with Gasteiger partial charge in [0, 0.05) is 26.1 Å². The SMILES string of the molecule is O=C1CCCN1CCCNS(=O)(=O)c1c(F)cccc1F. The molecule has 1 saturated heterocycles. The summed E-state index contributed by atoms with van der Waals surface area (Å²) in [5.74, 6) is -2.20. The van der Waals surface area contributed by atoms with E-state index in [1.54, 1.807) is 4.90 Å². The second-order valence-corrected chi connectivity index (χ2v) is 6.49. The van der Waals surface area contributed by atoms with Gasteiger partial charge in [-0.25, -0.2) is 21.9 Å². The molecule has 0 unspecified atom stereocenters. The van der Waals surface area contributed by atoms with Crippen LogP contribution < -0.4 is 4.72 Å². The Morgan fingerprint density at radius 1 is 1.24 bits per heavy atom. The van der Waals surface area contributed by atoms with E-state index in [0.29, 0.717) is 25.9 Å². The van der Waals surface area contributed by atoms with E-state index in [1.165, 1.54) is 0 Å². The standard InChI is InChI=1S/C13H16F2N2O3S/c14-10-4-1-5-11(15)13(10)21(19,20)16-7-3-9-17-8-2-6-12(17)18/h1,4-5,16H,2-3,6-9H2. The van der Waals surface area contributed by atoms with Crippen LogP contribution in [0, 0.1) is 11.6 Å². The van der Waals surface area contributed by atoms with Crippen LogP contribution in [0.3, 0.4) is 0 Å². The summed E-state index contributed by atoms with van der Waals surface area (Å²) in [6, 6.07) is 2.88. The highest BCUT2D eigenvalue weighted by Gasteiger charge is 2.24. The van der Waals surface area contributed by atoms with Gasteiger partial charge < -0.3 is 4.90 Å². The lowest BCUT2D eigenvalue weighted by Gasteiger charge is -2.15. The predicted octanol–water partition coefficient (Wildman–Crippen LogP) is 1.26. The Bertz CT molecular complexity index is 614. The molecule has 0 aliphatic carbocycles. The maximum atomic E-state index is 13.4. The molecule has 1 aromatic rings. The second-order valence-electron chi connectivity index (χ2n) is 4.79. The topological polar surface area (TPSA) is 66.5 Å². The Morgan fingerprint density at radius 2 is 1.90 bits per heavy atom. The quantitative estimate of drug-likeness (QED) is 0.803. The van der Waals surface area contributed by atoms with E-state index in [1.807, 2.05) is 0 Å². The molecular weight excluding hydrogens is 302 g/mol. The zero-order valence-corrected chi connectivity index (χ0v) is 12.1. The fraction of sp³-hybridized carbons (Fsp3) is 0.462. The summed E-state index contributed by atoms with van der Waals surface area (Å²) in [7, 11) is -4.23. The van der Waals surface area contributed by atoms with Crippen molar-refractivity contribution in [1.82, 2.24) is 9.62 Å². The molecule has 0 radical (unpaired) electrons. The van der Waals surface area contributed by atoms with Gasteiger partial charge in [0.15, 0.2) is 4.90 Å². The molecule has 0 saturated carbocycles. The number of nitrogens with one attached hydrogen (secondary N) is 1. The van der Waals surface area contributed by atoms with E-state index >= 15 is 0 Å². The number of carbonyl (C=O) groups excluding carboxylic acids is 1. The van der Waals surface area contributed by atoms with Crippen molar-refractivity contribution in [3.63, 3.8) is 0 Å². The van der Waals surface area contributed by atoms with Crippen molar-refractivity contribution < 1.29 is 22.0 Å². The molecular formula is C13H16F2N2O3S. The maximum Gasteiger partial charge on any atom is 0.246 e. The first-order valence-corrected chi connectivity index (χ1v) is 8.11. The number of benzene rings is 1. The molecule has 1 amide bonds. The number of carbonyl (C=O) groups is 1. The normalized spacial score (nSPS) is 15.7. The van der Waals surface area contributed by atoms with Crippen LogP contribution in [0.25, 0.3) is 0 Å². The van der Waals surface area contributed by atoms with Gasteiger partial charge in [-0.1, -0.05) is 6.07 Å². The molecule has 8 heteroatoms. The van der Waals surface area contributed by atoms with E-state index < -0.39 is 26.6 Å². The highest BCUT2D eigenvalue weighted by molar-refractivity contribution is 7.89. The summed E-state index contributed by atoms with van der Waals surface area (Å²) < 4.78 is 52.8. The Morgan fingerprint density at radius 3 is 2.48 bits per heavy atom. The van der Waals surface area contributed by atoms with E-state index in [2.05, 4.69) is 4.72 Å². The van der Waals surface area contributed by atoms with Crippen molar-refractivity contribution in [1.29, 1.82) is 0 Å². The van der Waals surface area contributed by atoms with Gasteiger partial charge in [-0.05, 0) is 25.0 Å². The summed E-state index contributed by atoms with van der Waals surface area (Å²) in [4.78, 5) is 12.0. The molecule has 0 spiro atoms. The van der Waals surface area contributed by atoms with E-state index in [-0.39, 0.29) is 12.5 Å². The van der Waals surface area contributed by atoms with E-state index in [9.17, 15) is 22.0 Å².